The largest absolute Gasteiger partial charge is 0.375 e. The van der Waals surface area contributed by atoms with Crippen LogP contribution in [0.3, 0.4) is 0 Å². The van der Waals surface area contributed by atoms with Gasteiger partial charge >= 0.3 is 0 Å². The van der Waals surface area contributed by atoms with E-state index >= 15 is 8.78 Å². The maximum atomic E-state index is 15.3. The Bertz CT molecular complexity index is 1520. The van der Waals surface area contributed by atoms with Crippen LogP contribution in [0.1, 0.15) is 36.8 Å². The van der Waals surface area contributed by atoms with E-state index in [2.05, 4.69) is 33.4 Å². The number of halogens is 2. The minimum Gasteiger partial charge on any atom is -0.375 e. The molecule has 0 amide bonds. The number of nitrogens with one attached hydrogen (secondary N) is 1. The molecular weight excluding hydrogens is 490 g/mol. The predicted octanol–water partition coefficient (Wildman–Crippen LogP) is 4.84. The fraction of sp³-hybridized carbons (Fsp3) is 0.321. The zero-order chi connectivity index (χ0) is 26.4. The van der Waals surface area contributed by atoms with E-state index in [1.165, 1.54) is 29.3 Å². The minimum absolute atomic E-state index is 0.00184. The summed E-state index contributed by atoms with van der Waals surface area (Å²) in [7, 11) is 1.50. The summed E-state index contributed by atoms with van der Waals surface area (Å²) < 4.78 is 42.8. The zero-order valence-corrected chi connectivity index (χ0v) is 21.1. The summed E-state index contributed by atoms with van der Waals surface area (Å²) >= 11 is 0. The number of nitrogens with two attached hydrogens (primary N) is 1. The normalized spacial score (nSPS) is 20.7. The van der Waals surface area contributed by atoms with Crippen molar-refractivity contribution in [3.63, 3.8) is 0 Å². The molecule has 10 heteroatoms. The summed E-state index contributed by atoms with van der Waals surface area (Å²) in [6.45, 7) is 2.58. The molecule has 3 N–H and O–H groups in total. The van der Waals surface area contributed by atoms with Crippen LogP contribution in [0, 0.1) is 11.6 Å². The smallest absolute Gasteiger partial charge is 0.229 e. The highest BCUT2D eigenvalue weighted by atomic mass is 19.1. The van der Waals surface area contributed by atoms with Gasteiger partial charge in [-0.05, 0) is 67.1 Å². The molecule has 1 saturated heterocycles. The second-order valence-electron chi connectivity index (χ2n) is 10.0. The van der Waals surface area contributed by atoms with Crippen molar-refractivity contribution in [3.8, 4) is 11.3 Å². The molecule has 2 aliphatic rings. The second-order valence-corrected chi connectivity index (χ2v) is 10.0. The molecule has 0 saturated carbocycles. The third-order valence-electron chi connectivity index (χ3n) is 7.43. The van der Waals surface area contributed by atoms with Gasteiger partial charge in [0.1, 0.15) is 17.2 Å². The number of rotatable bonds is 6. The van der Waals surface area contributed by atoms with Crippen LogP contribution in [0.15, 0.2) is 60.6 Å². The van der Waals surface area contributed by atoms with Crippen molar-refractivity contribution >= 4 is 17.2 Å². The van der Waals surface area contributed by atoms with Gasteiger partial charge in [-0.1, -0.05) is 11.6 Å². The summed E-state index contributed by atoms with van der Waals surface area (Å²) in [6, 6.07) is 7.86. The van der Waals surface area contributed by atoms with Gasteiger partial charge in [-0.15, -0.1) is 0 Å². The Morgan fingerprint density at radius 1 is 1.16 bits per heavy atom. The fourth-order valence-electron chi connectivity index (χ4n) is 5.40. The van der Waals surface area contributed by atoms with Crippen LogP contribution in [0.2, 0.25) is 0 Å². The summed E-state index contributed by atoms with van der Waals surface area (Å²) in [5, 5.41) is 7.87. The molecule has 1 aliphatic heterocycles. The predicted molar refractivity (Wildman–Crippen MR) is 139 cm³/mol. The van der Waals surface area contributed by atoms with E-state index in [-0.39, 0.29) is 36.4 Å². The lowest BCUT2D eigenvalue weighted by Crippen LogP contribution is -2.48. The first kappa shape index (κ1) is 24.6. The van der Waals surface area contributed by atoms with E-state index in [4.69, 9.17) is 15.2 Å². The molecular formula is C28H28F2N6O2. The third-order valence-corrected chi connectivity index (χ3v) is 7.43. The Hall–Kier alpha value is -3.73. The van der Waals surface area contributed by atoms with Crippen molar-refractivity contribution in [1.29, 1.82) is 0 Å². The summed E-state index contributed by atoms with van der Waals surface area (Å²) in [5.41, 5.74) is 9.52. The number of hydrogen-bond acceptors (Lipinski definition) is 7. The zero-order valence-electron chi connectivity index (χ0n) is 21.1. The molecule has 196 valence electrons. The lowest BCUT2D eigenvalue weighted by atomic mass is 9.82. The number of nitrogens with zero attached hydrogens (tertiary/aromatic N) is 4. The van der Waals surface area contributed by atoms with Crippen LogP contribution in [0.25, 0.3) is 16.8 Å². The number of methoxy groups -OCH3 is 1. The Kier molecular flexibility index (Phi) is 6.17. The van der Waals surface area contributed by atoms with E-state index in [9.17, 15) is 0 Å². The van der Waals surface area contributed by atoms with Gasteiger partial charge in [0.2, 0.25) is 5.95 Å². The summed E-state index contributed by atoms with van der Waals surface area (Å²) in [5.74, 6) is -0.813. The molecule has 1 aromatic carbocycles. The van der Waals surface area contributed by atoms with E-state index < -0.39 is 17.2 Å². The van der Waals surface area contributed by atoms with Gasteiger partial charge in [-0.25, -0.2) is 13.8 Å². The minimum atomic E-state index is -0.836. The highest BCUT2D eigenvalue weighted by Crippen LogP contribution is 2.38. The van der Waals surface area contributed by atoms with Crippen LogP contribution in [0.4, 0.5) is 20.4 Å². The van der Waals surface area contributed by atoms with Gasteiger partial charge in [0.25, 0.3) is 0 Å². The van der Waals surface area contributed by atoms with E-state index in [0.29, 0.717) is 17.0 Å². The van der Waals surface area contributed by atoms with Gasteiger partial charge in [-0.2, -0.15) is 9.61 Å². The van der Waals surface area contributed by atoms with Crippen molar-refractivity contribution in [2.45, 2.75) is 37.3 Å². The van der Waals surface area contributed by atoms with Crippen LogP contribution in [-0.4, -0.2) is 45.9 Å². The van der Waals surface area contributed by atoms with E-state index in [0.717, 1.165) is 24.1 Å². The fourth-order valence-corrected chi connectivity index (χ4v) is 5.40. The second kappa shape index (κ2) is 9.54. The van der Waals surface area contributed by atoms with E-state index in [1.54, 1.807) is 30.7 Å². The number of ether oxygens (including phenoxy) is 2. The SMILES string of the molecule is COC1(c2cc(F)c(-c3ccc4cnc(Nc5cnccc5[C@@H]5CC(C)=C[C@H](N)C5)n4n3)c(F)c2)COC1. The molecule has 4 aromatic rings. The van der Waals surface area contributed by atoms with Crippen LogP contribution < -0.4 is 11.1 Å². The molecule has 4 heterocycles. The van der Waals surface area contributed by atoms with Gasteiger partial charge in [0, 0.05) is 19.3 Å². The monoisotopic (exact) mass is 518 g/mol. The highest BCUT2D eigenvalue weighted by molar-refractivity contribution is 5.66. The number of aromatic nitrogens is 4. The van der Waals surface area contributed by atoms with Crippen molar-refractivity contribution in [2.75, 3.05) is 25.6 Å². The highest BCUT2D eigenvalue weighted by Gasteiger charge is 2.41. The maximum Gasteiger partial charge on any atom is 0.229 e. The number of hydrogen-bond donors (Lipinski definition) is 2. The standard InChI is InChI=1S/C28H28F2N6O2/c1-16-7-17(9-19(31)8-16)21-5-6-32-13-25(21)34-27-33-12-20-3-4-24(35-36(20)27)26-22(29)10-18(11-23(26)30)28(37-2)14-38-15-28/h3-6,8,10-13,17,19H,7,9,14-15,31H2,1-2H3,(H,33,34)/t17-,19+/m1/s1. The average Bonchev–Trinajstić information content (AvgIpc) is 3.25. The Morgan fingerprint density at radius 2 is 1.95 bits per heavy atom. The van der Waals surface area contributed by atoms with Crippen LogP contribution in [0.5, 0.6) is 0 Å². The van der Waals surface area contributed by atoms with Crippen molar-refractivity contribution < 1.29 is 18.3 Å². The Balaban J connectivity index is 1.35. The Morgan fingerprint density at radius 3 is 2.63 bits per heavy atom. The first-order valence-corrected chi connectivity index (χ1v) is 12.5. The van der Waals surface area contributed by atoms with Crippen LogP contribution in [-0.2, 0) is 15.1 Å². The van der Waals surface area contributed by atoms with Gasteiger partial charge < -0.3 is 20.5 Å². The molecule has 0 bridgehead atoms. The molecule has 0 unspecified atom stereocenters. The molecule has 0 spiro atoms. The van der Waals surface area contributed by atoms with Gasteiger partial charge in [0.05, 0.1) is 48.1 Å². The Labute approximate surface area is 218 Å². The number of imidazole rings is 1. The molecule has 1 aliphatic carbocycles. The molecule has 2 atom stereocenters. The third kappa shape index (κ3) is 4.24. The number of anilines is 2. The lowest BCUT2D eigenvalue weighted by molar-refractivity contribution is -0.202. The summed E-state index contributed by atoms with van der Waals surface area (Å²) in [4.78, 5) is 8.76. The molecule has 3 aromatic heterocycles. The first-order chi connectivity index (χ1) is 18.4. The van der Waals surface area contributed by atoms with Crippen molar-refractivity contribution in [3.05, 3.63) is 83.3 Å². The van der Waals surface area contributed by atoms with Crippen LogP contribution >= 0.6 is 0 Å². The summed E-state index contributed by atoms with van der Waals surface area (Å²) in [6.07, 6.45) is 8.99. The molecule has 0 radical (unpaired) electrons. The number of pyridine rings is 1. The van der Waals surface area contributed by atoms with Gasteiger partial charge in [-0.3, -0.25) is 4.98 Å². The number of benzene rings is 1. The molecule has 1 fully saturated rings. The lowest BCUT2D eigenvalue weighted by Gasteiger charge is -2.40. The van der Waals surface area contributed by atoms with E-state index in [1.807, 2.05) is 6.07 Å². The molecule has 6 rings (SSSR count). The van der Waals surface area contributed by atoms with Gasteiger partial charge in [0.15, 0.2) is 0 Å². The average molecular weight is 519 g/mol. The first-order valence-electron chi connectivity index (χ1n) is 12.5. The van der Waals surface area contributed by atoms with Crippen molar-refractivity contribution in [1.82, 2.24) is 19.6 Å². The molecule has 8 nitrogen and oxygen atoms in total. The molecule has 38 heavy (non-hydrogen) atoms. The maximum absolute atomic E-state index is 15.3. The number of allylic oxidation sites excluding steroid dienone is 1. The van der Waals surface area contributed by atoms with Crippen molar-refractivity contribution in [2.24, 2.45) is 5.73 Å². The quantitative estimate of drug-likeness (QED) is 0.353. The number of fused-ring (bicyclic) bond motifs is 1. The topological polar surface area (TPSA) is 99.6 Å².